The summed E-state index contributed by atoms with van der Waals surface area (Å²) in [6, 6.07) is 14.3. The van der Waals surface area contributed by atoms with Crippen molar-refractivity contribution < 1.29 is 14.3 Å². The van der Waals surface area contributed by atoms with Gasteiger partial charge in [0.05, 0.1) is 6.26 Å². The topological polar surface area (TPSA) is 62.5 Å². The third-order valence-electron chi connectivity index (χ3n) is 3.88. The molecule has 0 bridgehead atoms. The van der Waals surface area contributed by atoms with Gasteiger partial charge in [0.25, 0.3) is 0 Å². The Labute approximate surface area is 134 Å². The van der Waals surface area contributed by atoms with E-state index < -0.39 is 6.04 Å². The average Bonchev–Trinajstić information content (AvgIpc) is 3.07. The number of phenolic OH excluding ortho intramolecular Hbond substituents is 1. The van der Waals surface area contributed by atoms with Crippen LogP contribution < -0.4 is 5.32 Å². The number of rotatable bonds is 4. The molecule has 1 aromatic heterocycles. The van der Waals surface area contributed by atoms with Crippen LogP contribution in [0.4, 0.5) is 0 Å². The Morgan fingerprint density at radius 3 is 2.57 bits per heavy atom. The number of hydrogen-bond acceptors (Lipinski definition) is 3. The SMILES string of the molecule is CC(C)C(=O)N[C@@H](c1ccco1)c1c(O)ccc2ccccc12. The van der Waals surface area contributed by atoms with E-state index in [1.807, 2.05) is 44.2 Å². The molecule has 3 aromatic rings. The Balaban J connectivity index is 2.17. The summed E-state index contributed by atoms with van der Waals surface area (Å²) in [7, 11) is 0. The van der Waals surface area contributed by atoms with Crippen molar-refractivity contribution in [3.05, 3.63) is 66.1 Å². The van der Waals surface area contributed by atoms with Crippen LogP contribution in [0, 0.1) is 5.92 Å². The standard InChI is InChI=1S/C19H19NO3/c1-12(2)19(22)20-18(16-8-5-11-23-16)17-14-7-4-3-6-13(14)9-10-15(17)21/h3-12,18,21H,1-2H3,(H,20,22)/t18-/m0/s1. The molecule has 4 heteroatoms. The van der Waals surface area contributed by atoms with E-state index in [9.17, 15) is 9.90 Å². The van der Waals surface area contributed by atoms with Crippen molar-refractivity contribution in [2.45, 2.75) is 19.9 Å². The first-order valence-corrected chi connectivity index (χ1v) is 7.62. The fourth-order valence-electron chi connectivity index (χ4n) is 2.64. The minimum absolute atomic E-state index is 0.0984. The summed E-state index contributed by atoms with van der Waals surface area (Å²) in [4.78, 5) is 12.2. The lowest BCUT2D eigenvalue weighted by molar-refractivity contribution is -0.124. The molecule has 0 fully saturated rings. The summed E-state index contributed by atoms with van der Waals surface area (Å²) in [5.74, 6) is 0.461. The van der Waals surface area contributed by atoms with Gasteiger partial charge in [-0.2, -0.15) is 0 Å². The summed E-state index contributed by atoms with van der Waals surface area (Å²) in [5, 5.41) is 15.3. The molecule has 2 aromatic carbocycles. The van der Waals surface area contributed by atoms with Gasteiger partial charge in [-0.25, -0.2) is 0 Å². The van der Waals surface area contributed by atoms with E-state index in [1.54, 1.807) is 24.5 Å². The maximum Gasteiger partial charge on any atom is 0.223 e. The molecule has 1 atom stereocenters. The van der Waals surface area contributed by atoms with Crippen LogP contribution in [0.2, 0.25) is 0 Å². The second-order valence-corrected chi connectivity index (χ2v) is 5.83. The molecule has 0 spiro atoms. The van der Waals surface area contributed by atoms with E-state index in [1.165, 1.54) is 0 Å². The lowest BCUT2D eigenvalue weighted by Gasteiger charge is -2.21. The van der Waals surface area contributed by atoms with E-state index in [4.69, 9.17) is 4.42 Å². The van der Waals surface area contributed by atoms with Crippen LogP contribution in [0.15, 0.2) is 59.2 Å². The predicted octanol–water partition coefficient (Wildman–Crippen LogP) is 4.00. The van der Waals surface area contributed by atoms with Gasteiger partial charge in [-0.15, -0.1) is 0 Å². The van der Waals surface area contributed by atoms with Crippen LogP contribution >= 0.6 is 0 Å². The number of hydrogen-bond donors (Lipinski definition) is 2. The quantitative estimate of drug-likeness (QED) is 0.765. The molecule has 4 nitrogen and oxygen atoms in total. The van der Waals surface area contributed by atoms with Crippen LogP contribution in [0.3, 0.4) is 0 Å². The average molecular weight is 309 g/mol. The monoisotopic (exact) mass is 309 g/mol. The molecule has 118 valence electrons. The van der Waals surface area contributed by atoms with Crippen molar-refractivity contribution in [3.63, 3.8) is 0 Å². The number of carbonyl (C=O) groups is 1. The number of furan rings is 1. The van der Waals surface area contributed by atoms with Crippen molar-refractivity contribution >= 4 is 16.7 Å². The maximum atomic E-state index is 12.2. The van der Waals surface area contributed by atoms with Crippen LogP contribution in [0.25, 0.3) is 10.8 Å². The number of carbonyl (C=O) groups excluding carboxylic acids is 1. The third-order valence-corrected chi connectivity index (χ3v) is 3.88. The van der Waals surface area contributed by atoms with Crippen LogP contribution in [-0.4, -0.2) is 11.0 Å². The Morgan fingerprint density at radius 2 is 1.87 bits per heavy atom. The van der Waals surface area contributed by atoms with E-state index >= 15 is 0 Å². The first-order valence-electron chi connectivity index (χ1n) is 7.62. The third kappa shape index (κ3) is 2.93. The van der Waals surface area contributed by atoms with Gasteiger partial charge in [0.2, 0.25) is 5.91 Å². The molecule has 0 aliphatic carbocycles. The smallest absolute Gasteiger partial charge is 0.223 e. The molecule has 3 rings (SSSR count). The maximum absolute atomic E-state index is 12.2. The van der Waals surface area contributed by atoms with Crippen molar-refractivity contribution in [2.24, 2.45) is 5.92 Å². The molecule has 0 aliphatic heterocycles. The summed E-state index contributed by atoms with van der Waals surface area (Å²) < 4.78 is 5.51. The van der Waals surface area contributed by atoms with Crippen LogP contribution in [-0.2, 0) is 4.79 Å². The number of fused-ring (bicyclic) bond motifs is 1. The van der Waals surface area contributed by atoms with E-state index in [0.29, 0.717) is 11.3 Å². The Bertz CT molecular complexity index is 822. The number of nitrogens with one attached hydrogen (secondary N) is 1. The highest BCUT2D eigenvalue weighted by Gasteiger charge is 2.25. The van der Waals surface area contributed by atoms with Gasteiger partial charge in [-0.3, -0.25) is 4.79 Å². The molecule has 0 unspecified atom stereocenters. The van der Waals surface area contributed by atoms with Crippen molar-refractivity contribution in [3.8, 4) is 5.75 Å². The van der Waals surface area contributed by atoms with Crippen LogP contribution in [0.5, 0.6) is 5.75 Å². The lowest BCUT2D eigenvalue weighted by Crippen LogP contribution is -2.32. The summed E-state index contributed by atoms with van der Waals surface area (Å²) in [5.41, 5.74) is 0.645. The van der Waals surface area contributed by atoms with E-state index in [-0.39, 0.29) is 17.6 Å². The normalized spacial score (nSPS) is 12.5. The first-order chi connectivity index (χ1) is 11.1. The minimum atomic E-state index is -0.536. The van der Waals surface area contributed by atoms with Crippen molar-refractivity contribution in [2.75, 3.05) is 0 Å². The zero-order chi connectivity index (χ0) is 16.4. The molecule has 2 N–H and O–H groups in total. The number of amides is 1. The van der Waals surface area contributed by atoms with E-state index in [0.717, 1.165) is 10.8 Å². The Morgan fingerprint density at radius 1 is 1.09 bits per heavy atom. The highest BCUT2D eigenvalue weighted by Crippen LogP contribution is 2.36. The van der Waals surface area contributed by atoms with Gasteiger partial charge < -0.3 is 14.8 Å². The van der Waals surface area contributed by atoms with E-state index in [2.05, 4.69) is 5.32 Å². The first kappa shape index (κ1) is 15.2. The largest absolute Gasteiger partial charge is 0.508 e. The van der Waals surface area contributed by atoms with Gasteiger partial charge in [0.1, 0.15) is 17.6 Å². The number of aromatic hydroxyl groups is 1. The van der Waals surface area contributed by atoms with Gasteiger partial charge >= 0.3 is 0 Å². The lowest BCUT2D eigenvalue weighted by atomic mass is 9.95. The second kappa shape index (κ2) is 6.16. The number of phenols is 1. The van der Waals surface area contributed by atoms with Gasteiger partial charge in [-0.1, -0.05) is 44.2 Å². The second-order valence-electron chi connectivity index (χ2n) is 5.83. The molecule has 0 saturated carbocycles. The highest BCUT2D eigenvalue weighted by molar-refractivity contribution is 5.89. The Hall–Kier alpha value is -2.75. The molecule has 0 aliphatic rings. The van der Waals surface area contributed by atoms with Crippen molar-refractivity contribution in [1.29, 1.82) is 0 Å². The molecule has 0 saturated heterocycles. The molecule has 23 heavy (non-hydrogen) atoms. The van der Waals surface area contributed by atoms with Gasteiger partial charge in [0.15, 0.2) is 0 Å². The summed E-state index contributed by atoms with van der Waals surface area (Å²) in [6.45, 7) is 3.66. The minimum Gasteiger partial charge on any atom is -0.508 e. The zero-order valence-corrected chi connectivity index (χ0v) is 13.1. The van der Waals surface area contributed by atoms with Crippen LogP contribution in [0.1, 0.15) is 31.2 Å². The Kier molecular flexibility index (Phi) is 4.06. The highest BCUT2D eigenvalue weighted by atomic mass is 16.3. The molecular weight excluding hydrogens is 290 g/mol. The fourth-order valence-corrected chi connectivity index (χ4v) is 2.64. The van der Waals surface area contributed by atoms with Gasteiger partial charge in [-0.05, 0) is 29.0 Å². The fraction of sp³-hybridized carbons (Fsp3) is 0.211. The van der Waals surface area contributed by atoms with Crippen molar-refractivity contribution in [1.82, 2.24) is 5.32 Å². The zero-order valence-electron chi connectivity index (χ0n) is 13.1. The molecular formula is C19H19NO3. The molecule has 1 heterocycles. The predicted molar refractivity (Wildman–Crippen MR) is 89.1 cm³/mol. The summed E-state index contributed by atoms with van der Waals surface area (Å²) >= 11 is 0. The molecule has 0 radical (unpaired) electrons. The summed E-state index contributed by atoms with van der Waals surface area (Å²) in [6.07, 6.45) is 1.56. The molecule has 1 amide bonds. The van der Waals surface area contributed by atoms with Gasteiger partial charge in [0, 0.05) is 11.5 Å². The number of benzene rings is 2.